The Hall–Kier alpha value is -3.67. The molecule has 0 heterocycles. The van der Waals surface area contributed by atoms with Crippen molar-refractivity contribution in [1.82, 2.24) is 4.90 Å². The van der Waals surface area contributed by atoms with Gasteiger partial charge in [-0.3, -0.25) is 9.52 Å². The molecular formula is C28H36N4O6S. The van der Waals surface area contributed by atoms with Crippen LogP contribution in [-0.2, 0) is 24.3 Å². The lowest BCUT2D eigenvalue weighted by Gasteiger charge is -2.23. The number of rotatable bonds is 11. The zero-order chi connectivity index (χ0) is 28.6. The van der Waals surface area contributed by atoms with Gasteiger partial charge in [0.05, 0.1) is 23.8 Å². The van der Waals surface area contributed by atoms with Crippen LogP contribution in [0.5, 0.6) is 0 Å². The minimum atomic E-state index is -3.98. The average Bonchev–Trinajstić information content (AvgIpc) is 2.89. The highest BCUT2D eigenvalue weighted by molar-refractivity contribution is 7.93. The van der Waals surface area contributed by atoms with Gasteiger partial charge in [-0.15, -0.1) is 0 Å². The van der Waals surface area contributed by atoms with Crippen LogP contribution < -0.4 is 15.4 Å². The van der Waals surface area contributed by atoms with Crippen molar-refractivity contribution in [3.8, 4) is 0 Å². The summed E-state index contributed by atoms with van der Waals surface area (Å²) < 4.78 is 39.6. The molecule has 3 aromatic carbocycles. The number of carbonyl (C=O) groups excluding carboxylic acids is 2. The van der Waals surface area contributed by atoms with Crippen molar-refractivity contribution in [3.63, 3.8) is 0 Å². The highest BCUT2D eigenvalue weighted by atomic mass is 32.2. The maximum Gasteiger partial charge on any atom is 0.322 e. The first kappa shape index (κ1) is 29.9. The van der Waals surface area contributed by atoms with Crippen LogP contribution in [0.25, 0.3) is 10.8 Å². The van der Waals surface area contributed by atoms with E-state index in [2.05, 4.69) is 15.4 Å². The third kappa shape index (κ3) is 7.92. The van der Waals surface area contributed by atoms with E-state index in [0.29, 0.717) is 54.1 Å². The molecule has 0 fully saturated rings. The molecule has 0 aliphatic carbocycles. The predicted octanol–water partition coefficient (Wildman–Crippen LogP) is 4.75. The van der Waals surface area contributed by atoms with Crippen molar-refractivity contribution in [2.75, 3.05) is 55.9 Å². The summed E-state index contributed by atoms with van der Waals surface area (Å²) in [7, 11) is -0.854. The summed E-state index contributed by atoms with van der Waals surface area (Å²) >= 11 is 0. The van der Waals surface area contributed by atoms with Crippen molar-refractivity contribution >= 4 is 49.8 Å². The number of urea groups is 1. The summed E-state index contributed by atoms with van der Waals surface area (Å²) in [5, 5.41) is 6.73. The second-order valence-corrected chi connectivity index (χ2v) is 11.6. The second kappa shape index (κ2) is 12.9. The van der Waals surface area contributed by atoms with Crippen LogP contribution >= 0.6 is 0 Å². The first-order chi connectivity index (χ1) is 18.5. The number of nitrogens with one attached hydrogen (secondary N) is 3. The van der Waals surface area contributed by atoms with Gasteiger partial charge in [0.2, 0.25) is 5.91 Å². The number of hydrogen-bond acceptors (Lipinski definition) is 6. The van der Waals surface area contributed by atoms with E-state index < -0.39 is 15.4 Å². The van der Waals surface area contributed by atoms with Crippen molar-refractivity contribution in [3.05, 3.63) is 60.7 Å². The zero-order valence-corrected chi connectivity index (χ0v) is 23.7. The molecule has 0 bridgehead atoms. The molecule has 0 unspecified atom stereocenters. The molecule has 0 aliphatic heterocycles. The number of nitrogens with zero attached hydrogens (tertiary/aromatic N) is 1. The van der Waals surface area contributed by atoms with Crippen LogP contribution in [0.3, 0.4) is 0 Å². The monoisotopic (exact) mass is 556 g/mol. The molecule has 11 heteroatoms. The molecule has 3 N–H and O–H groups in total. The molecular weight excluding hydrogens is 520 g/mol. The number of hydrogen-bond donors (Lipinski definition) is 3. The van der Waals surface area contributed by atoms with Gasteiger partial charge in [0.15, 0.2) is 0 Å². The Kier molecular flexibility index (Phi) is 9.90. The lowest BCUT2D eigenvalue weighted by molar-refractivity contribution is -0.123. The Morgan fingerprint density at radius 3 is 1.95 bits per heavy atom. The molecule has 0 saturated carbocycles. The van der Waals surface area contributed by atoms with Gasteiger partial charge < -0.3 is 25.0 Å². The summed E-state index contributed by atoms with van der Waals surface area (Å²) in [6.45, 7) is 6.91. The number of anilines is 3. The van der Waals surface area contributed by atoms with Gasteiger partial charge in [0, 0.05) is 54.9 Å². The molecule has 0 spiro atoms. The van der Waals surface area contributed by atoms with Gasteiger partial charge in [0.25, 0.3) is 10.0 Å². The van der Waals surface area contributed by atoms with Crippen molar-refractivity contribution in [1.29, 1.82) is 0 Å². The van der Waals surface area contributed by atoms with Crippen molar-refractivity contribution in [2.24, 2.45) is 5.41 Å². The number of ether oxygens (including phenoxy) is 2. The standard InChI is InChI=1S/C28H36N4O6S/c1-28(2,3)26(33)29-20-12-14-21(15-13-20)31-39(35,36)25-11-7-8-22-23(25)9-6-10-24(22)30-27(34)32(16-18-37-4)17-19-38-5/h6-15,31H,16-19H2,1-5H3,(H,29,33)(H,30,34). The van der Waals surface area contributed by atoms with Gasteiger partial charge in [-0.25, -0.2) is 13.2 Å². The normalized spacial score (nSPS) is 11.7. The molecule has 0 radical (unpaired) electrons. The third-order valence-corrected chi connectivity index (χ3v) is 7.35. The number of carbonyl (C=O) groups is 2. The molecule has 10 nitrogen and oxygen atoms in total. The minimum absolute atomic E-state index is 0.0665. The molecule has 210 valence electrons. The van der Waals surface area contributed by atoms with Crippen LogP contribution in [0.4, 0.5) is 21.9 Å². The number of sulfonamides is 1. The number of benzene rings is 3. The third-order valence-electron chi connectivity index (χ3n) is 5.91. The fraction of sp³-hybridized carbons (Fsp3) is 0.357. The van der Waals surface area contributed by atoms with Crippen LogP contribution in [0, 0.1) is 5.41 Å². The summed E-state index contributed by atoms with van der Waals surface area (Å²) in [4.78, 5) is 26.8. The van der Waals surface area contributed by atoms with E-state index >= 15 is 0 Å². The maximum atomic E-state index is 13.4. The fourth-order valence-corrected chi connectivity index (χ4v) is 4.97. The number of amides is 3. The van der Waals surface area contributed by atoms with E-state index in [1.165, 1.54) is 6.07 Å². The van der Waals surface area contributed by atoms with Crippen LogP contribution in [0.2, 0.25) is 0 Å². The Morgan fingerprint density at radius 2 is 1.36 bits per heavy atom. The van der Waals surface area contributed by atoms with E-state index in [9.17, 15) is 18.0 Å². The second-order valence-electron chi connectivity index (χ2n) is 9.95. The molecule has 3 amide bonds. The van der Waals surface area contributed by atoms with Gasteiger partial charge in [-0.1, -0.05) is 45.0 Å². The topological polar surface area (TPSA) is 126 Å². The molecule has 0 aliphatic rings. The highest BCUT2D eigenvalue weighted by Gasteiger charge is 2.22. The zero-order valence-electron chi connectivity index (χ0n) is 22.9. The summed E-state index contributed by atoms with van der Waals surface area (Å²) in [5.74, 6) is -0.144. The predicted molar refractivity (Wildman–Crippen MR) is 154 cm³/mol. The SMILES string of the molecule is COCCN(CCOC)C(=O)Nc1cccc2c(S(=O)(=O)Nc3ccc(NC(=O)C(C)(C)C)cc3)cccc12. The van der Waals surface area contributed by atoms with Crippen LogP contribution in [0.15, 0.2) is 65.6 Å². The van der Waals surface area contributed by atoms with Gasteiger partial charge >= 0.3 is 6.03 Å². The molecule has 0 aromatic heterocycles. The van der Waals surface area contributed by atoms with Crippen molar-refractivity contribution in [2.45, 2.75) is 25.7 Å². The Balaban J connectivity index is 1.84. The Labute approximate surface area is 229 Å². The quantitative estimate of drug-likeness (QED) is 0.313. The summed E-state index contributed by atoms with van der Waals surface area (Å²) in [5.41, 5.74) is 0.831. The van der Waals surface area contributed by atoms with Crippen LogP contribution in [-0.4, -0.2) is 65.8 Å². The summed E-state index contributed by atoms with van der Waals surface area (Å²) in [6.07, 6.45) is 0. The minimum Gasteiger partial charge on any atom is -0.383 e. The van der Waals surface area contributed by atoms with Crippen LogP contribution in [0.1, 0.15) is 20.8 Å². The first-order valence-electron chi connectivity index (χ1n) is 12.5. The fourth-order valence-electron chi connectivity index (χ4n) is 3.69. The Bertz CT molecular complexity index is 1390. The van der Waals surface area contributed by atoms with E-state index in [4.69, 9.17) is 9.47 Å². The molecule has 3 rings (SSSR count). The maximum absolute atomic E-state index is 13.4. The number of fused-ring (bicyclic) bond motifs is 1. The van der Waals surface area contributed by atoms with E-state index in [1.54, 1.807) is 73.7 Å². The largest absolute Gasteiger partial charge is 0.383 e. The molecule has 0 atom stereocenters. The highest BCUT2D eigenvalue weighted by Crippen LogP contribution is 2.30. The smallest absolute Gasteiger partial charge is 0.322 e. The van der Waals surface area contributed by atoms with E-state index in [0.717, 1.165) is 0 Å². The van der Waals surface area contributed by atoms with Gasteiger partial charge in [-0.05, 0) is 36.4 Å². The average molecular weight is 557 g/mol. The molecule has 39 heavy (non-hydrogen) atoms. The summed E-state index contributed by atoms with van der Waals surface area (Å²) in [6, 6.07) is 16.1. The van der Waals surface area contributed by atoms with E-state index in [-0.39, 0.29) is 16.8 Å². The molecule has 3 aromatic rings. The van der Waals surface area contributed by atoms with Crippen molar-refractivity contribution < 1.29 is 27.5 Å². The Morgan fingerprint density at radius 1 is 0.795 bits per heavy atom. The lowest BCUT2D eigenvalue weighted by atomic mass is 9.95. The van der Waals surface area contributed by atoms with E-state index in [1.807, 2.05) is 20.8 Å². The molecule has 0 saturated heterocycles. The lowest BCUT2D eigenvalue weighted by Crippen LogP contribution is -2.39. The number of methoxy groups -OCH3 is 2. The van der Waals surface area contributed by atoms with Gasteiger partial charge in [-0.2, -0.15) is 0 Å². The first-order valence-corrected chi connectivity index (χ1v) is 13.9. The van der Waals surface area contributed by atoms with Gasteiger partial charge in [0.1, 0.15) is 0 Å².